The first-order valence-corrected chi connectivity index (χ1v) is 16.3. The predicted octanol–water partition coefficient (Wildman–Crippen LogP) is 7.95. The van der Waals surface area contributed by atoms with Gasteiger partial charge in [0.2, 0.25) is 0 Å². The first-order valence-electron chi connectivity index (χ1n) is 12.8. The third-order valence-electron chi connectivity index (χ3n) is 7.04. The Labute approximate surface area is 241 Å². The maximum absolute atomic E-state index is 4.52. The molecule has 0 N–H and O–H groups in total. The van der Waals surface area contributed by atoms with Crippen molar-refractivity contribution in [3.8, 4) is 33.6 Å². The number of fused-ring (bicyclic) bond motifs is 3. The maximum atomic E-state index is 4.52. The number of benzene rings is 3. The summed E-state index contributed by atoms with van der Waals surface area (Å²) in [6.45, 7) is 11.6. The number of nitrogens with zero attached hydrogens (tertiary/aromatic N) is 2. The second kappa shape index (κ2) is 11.3. The largest absolute Gasteiger partial charge is 0.305 e. The first-order chi connectivity index (χ1) is 17.8. The Morgan fingerprint density at radius 3 is 1.97 bits per heavy atom. The quantitative estimate of drug-likeness (QED) is 0.142. The van der Waals surface area contributed by atoms with E-state index in [4.69, 9.17) is 0 Å². The molecule has 2 heterocycles. The van der Waals surface area contributed by atoms with E-state index >= 15 is 0 Å². The summed E-state index contributed by atoms with van der Waals surface area (Å²) in [5.74, 6) is 0. The van der Waals surface area contributed by atoms with Crippen molar-refractivity contribution < 1.29 is 20.1 Å². The molecule has 0 unspecified atom stereocenters. The zero-order valence-corrected chi connectivity index (χ0v) is 25.9. The smallest absolute Gasteiger partial charge is 0.0571 e. The molecular formula is C34H32IrN2Si-2. The van der Waals surface area contributed by atoms with Gasteiger partial charge in [-0.1, -0.05) is 87.6 Å². The van der Waals surface area contributed by atoms with Crippen LogP contribution in [0.5, 0.6) is 0 Å². The van der Waals surface area contributed by atoms with Gasteiger partial charge >= 0.3 is 0 Å². The monoisotopic (exact) mass is 689 g/mol. The van der Waals surface area contributed by atoms with E-state index in [1.807, 2.05) is 54.9 Å². The Morgan fingerprint density at radius 1 is 0.684 bits per heavy atom. The molecule has 38 heavy (non-hydrogen) atoms. The number of pyridine rings is 2. The van der Waals surface area contributed by atoms with Gasteiger partial charge < -0.3 is 9.97 Å². The SMILES string of the molecule is CC1(C)c2ccccc2-c2cc[c-]c(-c3ccccn3)c21.C[Si](C)(C)c1cc[c-]c(-c2ccccn2)c1.[Ir]. The van der Waals surface area contributed by atoms with Gasteiger partial charge in [-0.3, -0.25) is 0 Å². The van der Waals surface area contributed by atoms with Crippen LogP contribution in [-0.4, -0.2) is 18.0 Å². The molecule has 1 radical (unpaired) electrons. The van der Waals surface area contributed by atoms with Crippen molar-refractivity contribution in [2.75, 3.05) is 0 Å². The van der Waals surface area contributed by atoms with E-state index in [1.54, 1.807) is 0 Å². The number of aromatic nitrogens is 2. The third-order valence-corrected chi connectivity index (χ3v) is 9.09. The fraction of sp³-hybridized carbons (Fsp3) is 0.176. The molecule has 0 spiro atoms. The zero-order valence-electron chi connectivity index (χ0n) is 22.5. The second-order valence-corrected chi connectivity index (χ2v) is 16.1. The normalized spacial score (nSPS) is 12.9. The van der Waals surface area contributed by atoms with Crippen LogP contribution in [0.2, 0.25) is 19.6 Å². The van der Waals surface area contributed by atoms with Gasteiger partial charge in [0.05, 0.1) is 8.07 Å². The van der Waals surface area contributed by atoms with Gasteiger partial charge in [0.1, 0.15) is 0 Å². The molecule has 1 aliphatic carbocycles. The Morgan fingerprint density at radius 2 is 1.32 bits per heavy atom. The third kappa shape index (κ3) is 5.49. The Kier molecular flexibility index (Phi) is 8.27. The van der Waals surface area contributed by atoms with Crippen LogP contribution in [0.1, 0.15) is 25.0 Å². The molecule has 4 heteroatoms. The fourth-order valence-electron chi connectivity index (χ4n) is 5.09. The first kappa shape index (κ1) is 27.9. The van der Waals surface area contributed by atoms with Crippen LogP contribution in [0, 0.1) is 12.1 Å². The summed E-state index contributed by atoms with van der Waals surface area (Å²) in [4.78, 5) is 8.88. The summed E-state index contributed by atoms with van der Waals surface area (Å²) in [7, 11) is -1.25. The van der Waals surface area contributed by atoms with Crippen molar-refractivity contribution in [2.45, 2.75) is 38.9 Å². The van der Waals surface area contributed by atoms with Crippen LogP contribution in [0.3, 0.4) is 0 Å². The summed E-state index contributed by atoms with van der Waals surface area (Å²) in [6, 6.07) is 38.0. The van der Waals surface area contributed by atoms with Crippen molar-refractivity contribution in [2.24, 2.45) is 0 Å². The van der Waals surface area contributed by atoms with Crippen LogP contribution in [0.4, 0.5) is 0 Å². The molecule has 2 aromatic heterocycles. The van der Waals surface area contributed by atoms with E-state index in [0.717, 1.165) is 22.5 Å². The van der Waals surface area contributed by atoms with Gasteiger partial charge in [-0.25, -0.2) is 0 Å². The average molecular weight is 689 g/mol. The molecule has 0 bridgehead atoms. The van der Waals surface area contributed by atoms with E-state index < -0.39 is 8.07 Å². The van der Waals surface area contributed by atoms with Gasteiger partial charge in [-0.15, -0.1) is 64.3 Å². The summed E-state index contributed by atoms with van der Waals surface area (Å²) in [5, 5.41) is 1.45. The Hall–Kier alpha value is -3.17. The minimum Gasteiger partial charge on any atom is -0.305 e. The van der Waals surface area contributed by atoms with Gasteiger partial charge in [0.25, 0.3) is 0 Å². The van der Waals surface area contributed by atoms with Crippen molar-refractivity contribution in [1.29, 1.82) is 0 Å². The molecule has 5 aromatic rings. The van der Waals surface area contributed by atoms with E-state index in [0.29, 0.717) is 0 Å². The minimum atomic E-state index is -1.25. The molecule has 1 aliphatic rings. The van der Waals surface area contributed by atoms with Crippen molar-refractivity contribution in [1.82, 2.24) is 9.97 Å². The fourth-order valence-corrected chi connectivity index (χ4v) is 6.25. The minimum absolute atomic E-state index is 0. The summed E-state index contributed by atoms with van der Waals surface area (Å²) in [6.07, 6.45) is 3.67. The molecule has 0 aliphatic heterocycles. The van der Waals surface area contributed by atoms with Gasteiger partial charge in [-0.2, -0.15) is 0 Å². The van der Waals surface area contributed by atoms with E-state index in [9.17, 15) is 0 Å². The molecule has 0 saturated heterocycles. The molecule has 0 saturated carbocycles. The van der Waals surface area contributed by atoms with Gasteiger partial charge in [-0.05, 0) is 40.1 Å². The molecular weight excluding hydrogens is 657 g/mol. The molecule has 0 amide bonds. The van der Waals surface area contributed by atoms with E-state index in [-0.39, 0.29) is 25.5 Å². The zero-order chi connectivity index (χ0) is 26.0. The Bertz CT molecular complexity index is 1520. The molecule has 193 valence electrons. The van der Waals surface area contributed by atoms with Crippen LogP contribution in [0.25, 0.3) is 33.6 Å². The van der Waals surface area contributed by atoms with Crippen LogP contribution in [-0.2, 0) is 25.5 Å². The van der Waals surface area contributed by atoms with Crippen LogP contribution >= 0.6 is 0 Å². The summed E-state index contributed by atoms with van der Waals surface area (Å²) >= 11 is 0. The molecule has 3 aromatic carbocycles. The average Bonchev–Trinajstić information content (AvgIpc) is 3.17. The van der Waals surface area contributed by atoms with Crippen LogP contribution in [0.15, 0.2) is 103 Å². The standard InChI is InChI=1S/C20H16N.C14H16NSi.Ir/c1-20(2)17-11-4-3-8-14(17)15-9-7-10-16(19(15)20)18-12-5-6-13-21-18;1-16(2,3)13-8-6-7-12(11-13)14-9-4-5-10-15-14;/h3-9,11-13H,1-2H3;4-6,8-11H,1-3H3;/q2*-1;. The molecule has 2 nitrogen and oxygen atoms in total. The summed E-state index contributed by atoms with van der Waals surface area (Å²) < 4.78 is 0. The van der Waals surface area contributed by atoms with Crippen LogP contribution < -0.4 is 5.19 Å². The molecule has 0 atom stereocenters. The maximum Gasteiger partial charge on any atom is 0.0571 e. The van der Waals surface area contributed by atoms with Crippen molar-refractivity contribution >= 4 is 13.3 Å². The second-order valence-electron chi connectivity index (χ2n) is 11.0. The molecule has 6 rings (SSSR count). The van der Waals surface area contributed by atoms with Gasteiger partial charge in [0, 0.05) is 32.5 Å². The van der Waals surface area contributed by atoms with Crippen molar-refractivity contribution in [3.63, 3.8) is 0 Å². The molecule has 0 fully saturated rings. The summed E-state index contributed by atoms with van der Waals surface area (Å²) in [5.41, 5.74) is 9.57. The Balaban J connectivity index is 0.000000179. The number of hydrogen-bond donors (Lipinski definition) is 0. The topological polar surface area (TPSA) is 25.8 Å². The number of hydrogen-bond acceptors (Lipinski definition) is 2. The number of rotatable bonds is 3. The van der Waals surface area contributed by atoms with Gasteiger partial charge in [0.15, 0.2) is 0 Å². The van der Waals surface area contributed by atoms with E-state index in [2.05, 4.69) is 104 Å². The van der Waals surface area contributed by atoms with Crippen molar-refractivity contribution in [3.05, 3.63) is 127 Å². The predicted molar refractivity (Wildman–Crippen MR) is 158 cm³/mol. The van der Waals surface area contributed by atoms with E-state index in [1.165, 1.54) is 27.4 Å².